The zero-order valence-electron chi connectivity index (χ0n) is 17.4. The number of hydrogen-bond acceptors (Lipinski definition) is 5. The minimum Gasteiger partial charge on any atom is -0.356 e. The summed E-state index contributed by atoms with van der Waals surface area (Å²) in [6.45, 7) is 9.09. The second kappa shape index (κ2) is 12.8. The van der Waals surface area contributed by atoms with Crippen LogP contribution in [0.15, 0.2) is 4.99 Å². The van der Waals surface area contributed by atoms with Gasteiger partial charge in [0, 0.05) is 33.2 Å². The van der Waals surface area contributed by atoms with Gasteiger partial charge in [0.05, 0.1) is 0 Å². The van der Waals surface area contributed by atoms with E-state index in [-0.39, 0.29) is 24.0 Å². The summed E-state index contributed by atoms with van der Waals surface area (Å²) < 4.78 is 2.00. The van der Waals surface area contributed by atoms with Crippen molar-refractivity contribution < 1.29 is 0 Å². The Labute approximate surface area is 185 Å². The van der Waals surface area contributed by atoms with E-state index in [1.54, 1.807) is 0 Å². The second-order valence-corrected chi connectivity index (χ2v) is 7.93. The topological polar surface area (TPSA) is 61.6 Å². The number of aliphatic imine (C=N–C) groups is 1. The van der Waals surface area contributed by atoms with Crippen molar-refractivity contribution in [3.8, 4) is 0 Å². The molecule has 1 aromatic heterocycles. The van der Waals surface area contributed by atoms with Gasteiger partial charge in [-0.15, -0.1) is 34.2 Å². The Balaban J connectivity index is 0.00000364. The van der Waals surface area contributed by atoms with Gasteiger partial charge in [-0.05, 0) is 51.3 Å². The van der Waals surface area contributed by atoms with Gasteiger partial charge in [0.1, 0.15) is 12.4 Å². The molecular formula is C18H36IN7S. The fraction of sp³-hybridized carbons (Fsp3) is 0.833. The SMILES string of the molecule is CCN1CCCC1CN(C)C(=NCc1nnc(C)n1C)NCCCSC.I. The number of thioether (sulfide) groups is 1. The van der Waals surface area contributed by atoms with E-state index in [9.17, 15) is 0 Å². The van der Waals surface area contributed by atoms with Crippen LogP contribution >= 0.6 is 35.7 Å². The van der Waals surface area contributed by atoms with Crippen LogP contribution in [0.5, 0.6) is 0 Å². The standard InChI is InChI=1S/C18H35N7S.HI/c1-6-25-11-7-9-16(25)14-23(3)18(19-10-8-12-26-5)20-13-17-22-21-15(2)24(17)4;/h16H,6-14H2,1-5H3,(H,19,20);1H. The molecule has 0 radical (unpaired) electrons. The quantitative estimate of drug-likeness (QED) is 0.239. The van der Waals surface area contributed by atoms with Crippen LogP contribution in [0.1, 0.15) is 37.8 Å². The maximum absolute atomic E-state index is 4.84. The van der Waals surface area contributed by atoms with Crippen molar-refractivity contribution in [1.82, 2.24) is 29.9 Å². The molecule has 1 aliphatic rings. The zero-order valence-corrected chi connectivity index (χ0v) is 20.6. The molecule has 1 N–H and O–H groups in total. The first-order valence-electron chi connectivity index (χ1n) is 9.64. The van der Waals surface area contributed by atoms with E-state index in [1.807, 2.05) is 30.3 Å². The molecule has 1 atom stereocenters. The van der Waals surface area contributed by atoms with Crippen LogP contribution in [0.3, 0.4) is 0 Å². The summed E-state index contributed by atoms with van der Waals surface area (Å²) >= 11 is 1.88. The Hall–Kier alpha value is -0.550. The lowest BCUT2D eigenvalue weighted by atomic mass is 10.2. The van der Waals surface area contributed by atoms with Gasteiger partial charge < -0.3 is 14.8 Å². The number of likely N-dealkylation sites (N-methyl/N-ethyl adjacent to an activating group) is 2. The number of halogens is 1. The summed E-state index contributed by atoms with van der Waals surface area (Å²) in [4.78, 5) is 9.70. The molecule has 0 aliphatic carbocycles. The molecule has 27 heavy (non-hydrogen) atoms. The van der Waals surface area contributed by atoms with E-state index in [0.717, 1.165) is 43.7 Å². The van der Waals surface area contributed by atoms with Gasteiger partial charge in [-0.2, -0.15) is 11.8 Å². The van der Waals surface area contributed by atoms with Crippen LogP contribution in [0.25, 0.3) is 0 Å². The average Bonchev–Trinajstić information content (AvgIpc) is 3.21. The second-order valence-electron chi connectivity index (χ2n) is 6.94. The first kappa shape index (κ1) is 24.5. The van der Waals surface area contributed by atoms with E-state index in [1.165, 1.54) is 25.1 Å². The molecule has 1 aromatic rings. The first-order chi connectivity index (χ1) is 12.6. The summed E-state index contributed by atoms with van der Waals surface area (Å²) in [5, 5.41) is 11.9. The van der Waals surface area contributed by atoms with Crippen LogP contribution < -0.4 is 5.32 Å². The normalized spacial score (nSPS) is 17.8. The van der Waals surface area contributed by atoms with E-state index < -0.39 is 0 Å². The lowest BCUT2D eigenvalue weighted by Crippen LogP contribution is -2.46. The largest absolute Gasteiger partial charge is 0.356 e. The molecule has 1 unspecified atom stereocenters. The predicted molar refractivity (Wildman–Crippen MR) is 126 cm³/mol. The molecular weight excluding hydrogens is 473 g/mol. The summed E-state index contributed by atoms with van der Waals surface area (Å²) in [5.41, 5.74) is 0. The lowest BCUT2D eigenvalue weighted by Gasteiger charge is -2.30. The summed E-state index contributed by atoms with van der Waals surface area (Å²) in [5.74, 6) is 3.95. The Morgan fingerprint density at radius 3 is 2.81 bits per heavy atom. The molecule has 2 rings (SSSR count). The van der Waals surface area contributed by atoms with Crippen molar-refractivity contribution in [3.63, 3.8) is 0 Å². The number of nitrogens with zero attached hydrogens (tertiary/aromatic N) is 6. The molecule has 0 spiro atoms. The minimum absolute atomic E-state index is 0. The highest BCUT2D eigenvalue weighted by Gasteiger charge is 2.25. The molecule has 156 valence electrons. The maximum Gasteiger partial charge on any atom is 0.194 e. The summed E-state index contributed by atoms with van der Waals surface area (Å²) in [6.07, 6.45) is 5.87. The van der Waals surface area contributed by atoms with Crippen LogP contribution in [0.4, 0.5) is 0 Å². The Morgan fingerprint density at radius 2 is 2.19 bits per heavy atom. The number of aryl methyl sites for hydroxylation is 1. The molecule has 0 amide bonds. The van der Waals surface area contributed by atoms with E-state index in [4.69, 9.17) is 4.99 Å². The zero-order chi connectivity index (χ0) is 18.9. The van der Waals surface area contributed by atoms with Crippen molar-refractivity contribution in [2.24, 2.45) is 12.0 Å². The predicted octanol–water partition coefficient (Wildman–Crippen LogP) is 2.36. The number of hydrogen-bond donors (Lipinski definition) is 1. The number of aromatic nitrogens is 3. The van der Waals surface area contributed by atoms with Crippen LogP contribution in [-0.4, -0.2) is 81.8 Å². The van der Waals surface area contributed by atoms with Crippen LogP contribution in [0.2, 0.25) is 0 Å². The number of nitrogens with one attached hydrogen (secondary N) is 1. The third-order valence-electron chi connectivity index (χ3n) is 5.11. The van der Waals surface area contributed by atoms with Crippen molar-refractivity contribution in [2.75, 3.05) is 45.2 Å². The maximum atomic E-state index is 4.84. The van der Waals surface area contributed by atoms with Gasteiger partial charge in [-0.3, -0.25) is 4.90 Å². The number of rotatable bonds is 9. The highest BCUT2D eigenvalue weighted by Crippen LogP contribution is 2.17. The van der Waals surface area contributed by atoms with Crippen LogP contribution in [0, 0.1) is 6.92 Å². The molecule has 9 heteroatoms. The highest BCUT2D eigenvalue weighted by molar-refractivity contribution is 14.0. The first-order valence-corrected chi connectivity index (χ1v) is 11.0. The van der Waals surface area contributed by atoms with Crippen LogP contribution in [-0.2, 0) is 13.6 Å². The molecule has 0 saturated carbocycles. The van der Waals surface area contributed by atoms with E-state index >= 15 is 0 Å². The van der Waals surface area contributed by atoms with Crippen molar-refractivity contribution >= 4 is 41.7 Å². The fourth-order valence-electron chi connectivity index (χ4n) is 3.38. The summed E-state index contributed by atoms with van der Waals surface area (Å²) in [7, 11) is 4.14. The fourth-order valence-corrected chi connectivity index (χ4v) is 3.82. The van der Waals surface area contributed by atoms with Crippen molar-refractivity contribution in [1.29, 1.82) is 0 Å². The van der Waals surface area contributed by atoms with Gasteiger partial charge in [0.25, 0.3) is 0 Å². The van der Waals surface area contributed by atoms with Gasteiger partial charge in [-0.1, -0.05) is 6.92 Å². The van der Waals surface area contributed by atoms with Gasteiger partial charge in [0.2, 0.25) is 0 Å². The van der Waals surface area contributed by atoms with Crippen molar-refractivity contribution in [3.05, 3.63) is 11.6 Å². The third kappa shape index (κ3) is 7.41. The molecule has 7 nitrogen and oxygen atoms in total. The monoisotopic (exact) mass is 509 g/mol. The van der Waals surface area contributed by atoms with Gasteiger partial charge in [-0.25, -0.2) is 4.99 Å². The smallest absolute Gasteiger partial charge is 0.194 e. The minimum atomic E-state index is 0. The number of likely N-dealkylation sites (tertiary alicyclic amines) is 1. The average molecular weight is 510 g/mol. The Morgan fingerprint density at radius 1 is 1.41 bits per heavy atom. The molecule has 2 heterocycles. The molecule has 1 fully saturated rings. The van der Waals surface area contributed by atoms with E-state index in [0.29, 0.717) is 12.6 Å². The Kier molecular flexibility index (Phi) is 11.6. The molecule has 0 bridgehead atoms. The summed E-state index contributed by atoms with van der Waals surface area (Å²) in [6, 6.07) is 0.625. The molecule has 1 aliphatic heterocycles. The highest BCUT2D eigenvalue weighted by atomic mass is 127. The third-order valence-corrected chi connectivity index (χ3v) is 5.81. The number of guanidine groups is 1. The van der Waals surface area contributed by atoms with E-state index in [2.05, 4.69) is 45.5 Å². The van der Waals surface area contributed by atoms with Gasteiger partial charge in [0.15, 0.2) is 11.8 Å². The molecule has 0 aromatic carbocycles. The van der Waals surface area contributed by atoms with Crippen molar-refractivity contribution in [2.45, 2.75) is 45.7 Å². The van der Waals surface area contributed by atoms with Gasteiger partial charge >= 0.3 is 0 Å². The lowest BCUT2D eigenvalue weighted by molar-refractivity contribution is 0.232. The molecule has 1 saturated heterocycles. The Bertz CT molecular complexity index is 578.